The number of hydrogen-bond donors (Lipinski definition) is 2. The molecule has 138 valence electrons. The van der Waals surface area contributed by atoms with Gasteiger partial charge in [0.15, 0.2) is 0 Å². The molecule has 0 saturated carbocycles. The Balaban J connectivity index is 1.91. The fraction of sp³-hybridized carbons (Fsp3) is 0.429. The van der Waals surface area contributed by atoms with E-state index in [9.17, 15) is 9.59 Å². The van der Waals surface area contributed by atoms with E-state index in [0.717, 1.165) is 31.2 Å². The largest absolute Gasteiger partial charge is 0.365 e. The third kappa shape index (κ3) is 3.54. The summed E-state index contributed by atoms with van der Waals surface area (Å²) < 4.78 is 0. The predicted octanol–water partition coefficient (Wildman–Crippen LogP) is 4.64. The van der Waals surface area contributed by atoms with Crippen molar-refractivity contribution in [2.45, 2.75) is 46.5 Å². The van der Waals surface area contributed by atoms with Gasteiger partial charge >= 0.3 is 0 Å². The first kappa shape index (κ1) is 18.6. The summed E-state index contributed by atoms with van der Waals surface area (Å²) in [5.41, 5.74) is 8.03. The van der Waals surface area contributed by atoms with Crippen LogP contribution in [0.5, 0.6) is 0 Å². The topological polar surface area (TPSA) is 72.2 Å². The molecule has 2 aromatic rings. The van der Waals surface area contributed by atoms with Gasteiger partial charge in [0.25, 0.3) is 11.8 Å². The lowest BCUT2D eigenvalue weighted by Gasteiger charge is -2.36. The normalized spacial score (nSPS) is 16.8. The number of amides is 2. The maximum Gasteiger partial charge on any atom is 0.256 e. The van der Waals surface area contributed by atoms with Crippen molar-refractivity contribution in [3.8, 4) is 0 Å². The lowest BCUT2D eigenvalue weighted by molar-refractivity contribution is 0.0999. The van der Waals surface area contributed by atoms with E-state index in [1.54, 1.807) is 12.1 Å². The maximum atomic E-state index is 12.5. The van der Waals surface area contributed by atoms with E-state index in [1.165, 1.54) is 16.2 Å². The van der Waals surface area contributed by atoms with Gasteiger partial charge in [-0.15, -0.1) is 11.3 Å². The fourth-order valence-electron chi connectivity index (χ4n) is 3.66. The number of anilines is 1. The Hall–Kier alpha value is -2.14. The SMILES string of the molecule is CCC(C)(C)[C@H]1CCc2c(sc(NC(=O)c3ccccc3)c2C(N)=O)C1. The van der Waals surface area contributed by atoms with E-state index in [2.05, 4.69) is 26.1 Å². The third-order valence-electron chi connectivity index (χ3n) is 5.79. The van der Waals surface area contributed by atoms with Gasteiger partial charge < -0.3 is 11.1 Å². The van der Waals surface area contributed by atoms with Crippen molar-refractivity contribution >= 4 is 28.2 Å². The highest BCUT2D eigenvalue weighted by Gasteiger charge is 2.35. The summed E-state index contributed by atoms with van der Waals surface area (Å²) in [5, 5.41) is 3.50. The molecule has 3 N–H and O–H groups in total. The van der Waals surface area contributed by atoms with Gasteiger partial charge in [0.2, 0.25) is 0 Å². The molecule has 0 radical (unpaired) electrons. The first-order chi connectivity index (χ1) is 12.3. The molecule has 1 aromatic heterocycles. The van der Waals surface area contributed by atoms with Crippen LogP contribution in [0.2, 0.25) is 0 Å². The predicted molar refractivity (Wildman–Crippen MR) is 107 cm³/mol. The lowest BCUT2D eigenvalue weighted by Crippen LogP contribution is -2.29. The van der Waals surface area contributed by atoms with Crippen LogP contribution in [0, 0.1) is 11.3 Å². The minimum absolute atomic E-state index is 0.211. The second kappa shape index (κ2) is 7.23. The molecule has 1 heterocycles. The summed E-state index contributed by atoms with van der Waals surface area (Å²) in [6, 6.07) is 9.02. The third-order valence-corrected chi connectivity index (χ3v) is 6.96. The first-order valence-electron chi connectivity index (χ1n) is 9.14. The molecule has 0 fully saturated rings. The number of nitrogens with two attached hydrogens (primary N) is 1. The van der Waals surface area contributed by atoms with Gasteiger partial charge in [0.1, 0.15) is 5.00 Å². The Morgan fingerprint density at radius 1 is 1.27 bits per heavy atom. The van der Waals surface area contributed by atoms with Crippen LogP contribution >= 0.6 is 11.3 Å². The summed E-state index contributed by atoms with van der Waals surface area (Å²) in [6.07, 6.45) is 3.97. The van der Waals surface area contributed by atoms with Crippen molar-refractivity contribution in [2.24, 2.45) is 17.1 Å². The Bertz CT molecular complexity index is 824. The minimum atomic E-state index is -0.459. The van der Waals surface area contributed by atoms with Crippen LogP contribution in [0.15, 0.2) is 30.3 Å². The van der Waals surface area contributed by atoms with Crippen molar-refractivity contribution in [3.05, 3.63) is 51.9 Å². The molecule has 1 atom stereocenters. The number of carbonyl (C=O) groups is 2. The molecule has 0 saturated heterocycles. The zero-order valence-electron chi connectivity index (χ0n) is 15.6. The van der Waals surface area contributed by atoms with Crippen LogP contribution in [0.25, 0.3) is 0 Å². The summed E-state index contributed by atoms with van der Waals surface area (Å²) in [6.45, 7) is 6.84. The van der Waals surface area contributed by atoms with Gasteiger partial charge in [-0.25, -0.2) is 0 Å². The molecule has 0 bridgehead atoms. The van der Waals surface area contributed by atoms with Crippen LogP contribution < -0.4 is 11.1 Å². The summed E-state index contributed by atoms with van der Waals surface area (Å²) in [5.74, 6) is -0.0896. The van der Waals surface area contributed by atoms with E-state index in [1.807, 2.05) is 18.2 Å². The molecule has 2 amide bonds. The highest BCUT2D eigenvalue weighted by molar-refractivity contribution is 7.17. The number of benzene rings is 1. The number of primary amides is 1. The average Bonchev–Trinajstić information content (AvgIpc) is 2.99. The number of thiophene rings is 1. The van der Waals surface area contributed by atoms with Crippen LogP contribution in [0.3, 0.4) is 0 Å². The monoisotopic (exact) mass is 370 g/mol. The highest BCUT2D eigenvalue weighted by atomic mass is 32.1. The molecule has 0 aliphatic heterocycles. The number of fused-ring (bicyclic) bond motifs is 1. The van der Waals surface area contributed by atoms with Crippen LogP contribution in [-0.2, 0) is 12.8 Å². The van der Waals surface area contributed by atoms with E-state index in [0.29, 0.717) is 22.0 Å². The van der Waals surface area contributed by atoms with E-state index in [-0.39, 0.29) is 11.3 Å². The van der Waals surface area contributed by atoms with E-state index >= 15 is 0 Å². The van der Waals surface area contributed by atoms with Crippen LogP contribution in [0.1, 0.15) is 64.8 Å². The first-order valence-corrected chi connectivity index (χ1v) is 9.96. The smallest absolute Gasteiger partial charge is 0.256 e. The molecule has 4 nitrogen and oxygen atoms in total. The molecule has 5 heteroatoms. The Morgan fingerprint density at radius 2 is 1.96 bits per heavy atom. The number of carbonyl (C=O) groups excluding carboxylic acids is 2. The molecule has 0 spiro atoms. The van der Waals surface area contributed by atoms with E-state index < -0.39 is 5.91 Å². The quantitative estimate of drug-likeness (QED) is 0.805. The zero-order valence-corrected chi connectivity index (χ0v) is 16.4. The molecule has 1 aliphatic carbocycles. The molecule has 1 aliphatic rings. The molecular weight excluding hydrogens is 344 g/mol. The van der Waals surface area contributed by atoms with Crippen molar-refractivity contribution in [1.29, 1.82) is 0 Å². The molecule has 1 aromatic carbocycles. The van der Waals surface area contributed by atoms with Crippen LogP contribution in [-0.4, -0.2) is 11.8 Å². The second-order valence-corrected chi connectivity index (χ2v) is 8.78. The molecule has 3 rings (SSSR count). The maximum absolute atomic E-state index is 12.5. The Labute approximate surface area is 158 Å². The highest BCUT2D eigenvalue weighted by Crippen LogP contribution is 2.45. The van der Waals surface area contributed by atoms with Gasteiger partial charge in [0, 0.05) is 10.4 Å². The summed E-state index contributed by atoms with van der Waals surface area (Å²) >= 11 is 1.51. The van der Waals surface area contributed by atoms with Gasteiger partial charge in [-0.3, -0.25) is 9.59 Å². The standard InChI is InChI=1S/C21H26N2O2S/c1-4-21(2,3)14-10-11-15-16(12-14)26-20(17(15)18(22)24)23-19(25)13-8-6-5-7-9-13/h5-9,14H,4,10-12H2,1-3H3,(H2,22,24)(H,23,25)/t14-/m0/s1. The molecule has 26 heavy (non-hydrogen) atoms. The van der Waals surface area contributed by atoms with Gasteiger partial charge in [-0.05, 0) is 48.3 Å². The van der Waals surface area contributed by atoms with Crippen molar-refractivity contribution in [2.75, 3.05) is 5.32 Å². The van der Waals surface area contributed by atoms with Crippen molar-refractivity contribution in [3.63, 3.8) is 0 Å². The second-order valence-electron chi connectivity index (χ2n) is 7.67. The summed E-state index contributed by atoms with van der Waals surface area (Å²) in [4.78, 5) is 25.8. The van der Waals surface area contributed by atoms with Gasteiger partial charge in [-0.2, -0.15) is 0 Å². The van der Waals surface area contributed by atoms with Crippen molar-refractivity contribution in [1.82, 2.24) is 0 Å². The number of hydrogen-bond acceptors (Lipinski definition) is 3. The number of nitrogens with one attached hydrogen (secondary N) is 1. The Morgan fingerprint density at radius 3 is 2.58 bits per heavy atom. The fourth-order valence-corrected chi connectivity index (χ4v) is 4.98. The lowest BCUT2D eigenvalue weighted by atomic mass is 9.69. The molecule has 0 unspecified atom stereocenters. The zero-order chi connectivity index (χ0) is 18.9. The van der Waals surface area contributed by atoms with Gasteiger partial charge in [0.05, 0.1) is 5.56 Å². The molecular formula is C21H26N2O2S. The van der Waals surface area contributed by atoms with E-state index in [4.69, 9.17) is 5.73 Å². The van der Waals surface area contributed by atoms with Crippen molar-refractivity contribution < 1.29 is 9.59 Å². The summed E-state index contributed by atoms with van der Waals surface area (Å²) in [7, 11) is 0. The Kier molecular flexibility index (Phi) is 5.19. The minimum Gasteiger partial charge on any atom is -0.365 e. The number of rotatable bonds is 5. The van der Waals surface area contributed by atoms with Crippen LogP contribution in [0.4, 0.5) is 5.00 Å². The van der Waals surface area contributed by atoms with Gasteiger partial charge in [-0.1, -0.05) is 45.4 Å². The average molecular weight is 371 g/mol.